The Morgan fingerprint density at radius 1 is 0.900 bits per heavy atom. The number of alkyl halides is 1. The van der Waals surface area contributed by atoms with E-state index in [4.69, 9.17) is 18.9 Å². The molecule has 0 aliphatic heterocycles. The van der Waals surface area contributed by atoms with Crippen molar-refractivity contribution in [1.82, 2.24) is 10.2 Å². The van der Waals surface area contributed by atoms with Crippen LogP contribution in [0.1, 0.15) is 30.5 Å². The Bertz CT molecular complexity index is 1280. The van der Waals surface area contributed by atoms with E-state index >= 15 is 4.39 Å². The van der Waals surface area contributed by atoms with Crippen molar-refractivity contribution < 1.29 is 32.5 Å². The topological polar surface area (TPSA) is 69.3 Å². The SMILES string of the molecule is C/C=C\[C@H](F)[C@](C)(NC(=O)N(Cc1ccc(OC)cc1OC)Cc1ccc(OC)cc1OC)c1ccccc1F. The number of hydrogen-bond acceptors (Lipinski definition) is 5. The molecular weight excluding hydrogens is 518 g/mol. The first-order valence-electron chi connectivity index (χ1n) is 12.7. The molecule has 9 heteroatoms. The van der Waals surface area contributed by atoms with E-state index in [9.17, 15) is 9.18 Å². The van der Waals surface area contributed by atoms with Crippen LogP contribution in [0.15, 0.2) is 72.8 Å². The third kappa shape index (κ3) is 6.83. The number of amides is 2. The van der Waals surface area contributed by atoms with Crippen LogP contribution in [0.25, 0.3) is 0 Å². The molecule has 3 aromatic rings. The molecule has 7 nitrogen and oxygen atoms in total. The van der Waals surface area contributed by atoms with Crippen LogP contribution in [-0.4, -0.2) is 45.5 Å². The highest BCUT2D eigenvalue weighted by molar-refractivity contribution is 5.76. The van der Waals surface area contributed by atoms with Gasteiger partial charge in [-0.05, 0) is 44.2 Å². The number of hydrogen-bond donors (Lipinski definition) is 1. The van der Waals surface area contributed by atoms with Gasteiger partial charge in [0.15, 0.2) is 0 Å². The number of carbonyl (C=O) groups is 1. The Kier molecular flexibility index (Phi) is 10.4. The standard InChI is InChI=1S/C31H36F2N2O5/c1-7-10-29(33)31(2,25-11-8-9-12-26(25)32)34-30(36)35(19-21-13-15-23(37-3)17-27(21)39-5)20-22-14-16-24(38-4)18-28(22)40-6/h7-18,29H,19-20H2,1-6H3,(H,34,36)/b10-7-/t29-,31+/m0/s1. The number of methoxy groups -OCH3 is 4. The second-order valence-corrected chi connectivity index (χ2v) is 9.25. The predicted octanol–water partition coefficient (Wildman–Crippen LogP) is 6.40. The summed E-state index contributed by atoms with van der Waals surface area (Å²) in [6, 6.07) is 15.7. The van der Waals surface area contributed by atoms with Gasteiger partial charge in [-0.3, -0.25) is 0 Å². The number of carbonyl (C=O) groups excluding carboxylic acids is 1. The highest BCUT2D eigenvalue weighted by atomic mass is 19.1. The van der Waals surface area contributed by atoms with E-state index in [0.717, 1.165) is 0 Å². The maximum Gasteiger partial charge on any atom is 0.318 e. The molecule has 0 aromatic heterocycles. The molecule has 2 atom stereocenters. The van der Waals surface area contributed by atoms with E-state index in [2.05, 4.69) is 5.32 Å². The van der Waals surface area contributed by atoms with Gasteiger partial charge < -0.3 is 29.2 Å². The van der Waals surface area contributed by atoms with Crippen LogP contribution < -0.4 is 24.3 Å². The first-order chi connectivity index (χ1) is 19.2. The molecule has 3 rings (SSSR count). The second kappa shape index (κ2) is 13.7. The van der Waals surface area contributed by atoms with Crippen molar-refractivity contribution in [2.45, 2.75) is 38.6 Å². The van der Waals surface area contributed by atoms with Crippen molar-refractivity contribution in [3.63, 3.8) is 0 Å². The van der Waals surface area contributed by atoms with Crippen molar-refractivity contribution in [3.8, 4) is 23.0 Å². The van der Waals surface area contributed by atoms with Gasteiger partial charge >= 0.3 is 6.03 Å². The number of allylic oxidation sites excluding steroid dienone is 1. The van der Waals surface area contributed by atoms with Crippen LogP contribution in [0.5, 0.6) is 23.0 Å². The molecule has 0 radical (unpaired) electrons. The largest absolute Gasteiger partial charge is 0.497 e. The molecule has 0 saturated carbocycles. The normalized spacial score (nSPS) is 13.3. The first kappa shape index (κ1) is 30.3. The van der Waals surface area contributed by atoms with Gasteiger partial charge in [-0.2, -0.15) is 0 Å². The minimum absolute atomic E-state index is 0.0259. The lowest BCUT2D eigenvalue weighted by Gasteiger charge is -2.36. The van der Waals surface area contributed by atoms with E-state index in [1.54, 1.807) is 63.6 Å². The number of benzene rings is 3. The molecule has 0 aliphatic carbocycles. The fraction of sp³-hybridized carbons (Fsp3) is 0.323. The van der Waals surface area contributed by atoms with Crippen LogP contribution in [0, 0.1) is 5.82 Å². The van der Waals surface area contributed by atoms with E-state index in [0.29, 0.717) is 34.1 Å². The van der Waals surface area contributed by atoms with Gasteiger partial charge in [0.2, 0.25) is 0 Å². The molecule has 1 N–H and O–H groups in total. The zero-order valence-electron chi connectivity index (χ0n) is 23.7. The first-order valence-corrected chi connectivity index (χ1v) is 12.7. The predicted molar refractivity (Wildman–Crippen MR) is 150 cm³/mol. The molecule has 0 fully saturated rings. The fourth-order valence-electron chi connectivity index (χ4n) is 4.41. The molecule has 0 saturated heterocycles. The Morgan fingerprint density at radius 2 is 1.43 bits per heavy atom. The smallest absolute Gasteiger partial charge is 0.318 e. The summed E-state index contributed by atoms with van der Waals surface area (Å²) >= 11 is 0. The number of nitrogens with zero attached hydrogens (tertiary/aromatic N) is 1. The van der Waals surface area contributed by atoms with Gasteiger partial charge in [0.25, 0.3) is 0 Å². The minimum Gasteiger partial charge on any atom is -0.497 e. The van der Waals surface area contributed by atoms with Gasteiger partial charge in [0.1, 0.15) is 40.5 Å². The van der Waals surface area contributed by atoms with Gasteiger partial charge in [-0.1, -0.05) is 30.4 Å². The molecule has 0 spiro atoms. The number of urea groups is 1. The maximum absolute atomic E-state index is 15.6. The van der Waals surface area contributed by atoms with Crippen molar-refractivity contribution in [2.24, 2.45) is 0 Å². The molecule has 40 heavy (non-hydrogen) atoms. The summed E-state index contributed by atoms with van der Waals surface area (Å²) in [5, 5.41) is 2.79. The third-order valence-electron chi connectivity index (χ3n) is 6.71. The van der Waals surface area contributed by atoms with Crippen LogP contribution in [-0.2, 0) is 18.6 Å². The van der Waals surface area contributed by atoms with Crippen LogP contribution in [0.2, 0.25) is 0 Å². The molecule has 0 heterocycles. The number of rotatable bonds is 12. The lowest BCUT2D eigenvalue weighted by atomic mass is 9.86. The summed E-state index contributed by atoms with van der Waals surface area (Å²) in [5.74, 6) is 1.57. The molecule has 0 unspecified atom stereocenters. The molecule has 0 bridgehead atoms. The Hall–Kier alpha value is -4.27. The van der Waals surface area contributed by atoms with E-state index < -0.39 is 23.6 Å². The highest BCUT2D eigenvalue weighted by Crippen LogP contribution is 2.33. The van der Waals surface area contributed by atoms with Gasteiger partial charge in [0.05, 0.1) is 41.5 Å². The van der Waals surface area contributed by atoms with Crippen LogP contribution in [0.4, 0.5) is 13.6 Å². The number of halogens is 2. The van der Waals surface area contributed by atoms with Gasteiger partial charge in [-0.25, -0.2) is 13.6 Å². The Balaban J connectivity index is 2.07. The maximum atomic E-state index is 15.6. The van der Waals surface area contributed by atoms with Crippen molar-refractivity contribution in [1.29, 1.82) is 0 Å². The summed E-state index contributed by atoms with van der Waals surface area (Å²) in [5.41, 5.74) is -0.313. The monoisotopic (exact) mass is 554 g/mol. The average Bonchev–Trinajstić information content (AvgIpc) is 2.97. The zero-order valence-corrected chi connectivity index (χ0v) is 23.7. The van der Waals surface area contributed by atoms with Crippen molar-refractivity contribution in [2.75, 3.05) is 28.4 Å². The third-order valence-corrected chi connectivity index (χ3v) is 6.71. The zero-order chi connectivity index (χ0) is 29.3. The van der Waals surface area contributed by atoms with Gasteiger partial charge in [0, 0.05) is 28.8 Å². The molecular formula is C31H36F2N2O5. The lowest BCUT2D eigenvalue weighted by molar-refractivity contribution is 0.153. The van der Waals surface area contributed by atoms with Crippen LogP contribution >= 0.6 is 0 Å². The Morgan fingerprint density at radius 3 is 1.88 bits per heavy atom. The quantitative estimate of drug-likeness (QED) is 0.262. The van der Waals surface area contributed by atoms with Crippen molar-refractivity contribution in [3.05, 3.63) is 95.3 Å². The lowest BCUT2D eigenvalue weighted by Crippen LogP contribution is -2.54. The number of nitrogens with one attached hydrogen (secondary N) is 1. The fourth-order valence-corrected chi connectivity index (χ4v) is 4.41. The summed E-state index contributed by atoms with van der Waals surface area (Å²) in [6.07, 6.45) is 1.10. The van der Waals surface area contributed by atoms with E-state index in [1.807, 2.05) is 0 Å². The summed E-state index contributed by atoms with van der Waals surface area (Å²) < 4.78 is 52.3. The minimum atomic E-state index is -1.72. The summed E-state index contributed by atoms with van der Waals surface area (Å²) in [6.45, 7) is 3.30. The highest BCUT2D eigenvalue weighted by Gasteiger charge is 2.40. The summed E-state index contributed by atoms with van der Waals surface area (Å²) in [7, 11) is 6.14. The van der Waals surface area contributed by atoms with Crippen molar-refractivity contribution >= 4 is 6.03 Å². The molecule has 3 aromatic carbocycles. The Labute approximate surface area is 234 Å². The molecule has 0 aliphatic rings. The van der Waals surface area contributed by atoms with E-state index in [1.165, 1.54) is 56.4 Å². The molecule has 2 amide bonds. The van der Waals surface area contributed by atoms with Crippen LogP contribution in [0.3, 0.4) is 0 Å². The second-order valence-electron chi connectivity index (χ2n) is 9.25. The number of ether oxygens (including phenoxy) is 4. The molecule has 214 valence electrons. The van der Waals surface area contributed by atoms with Gasteiger partial charge in [-0.15, -0.1) is 0 Å². The summed E-state index contributed by atoms with van der Waals surface area (Å²) in [4.78, 5) is 15.5. The van der Waals surface area contributed by atoms with E-state index in [-0.39, 0.29) is 18.7 Å². The average molecular weight is 555 g/mol.